The number of hydrogen-bond acceptors (Lipinski definition) is 6. The van der Waals surface area contributed by atoms with Gasteiger partial charge in [0.25, 0.3) is 0 Å². The van der Waals surface area contributed by atoms with Crippen molar-refractivity contribution in [2.24, 2.45) is 5.92 Å². The number of sulfonamides is 1. The van der Waals surface area contributed by atoms with Gasteiger partial charge < -0.3 is 14.4 Å². The number of carbonyl (C=O) groups is 1. The summed E-state index contributed by atoms with van der Waals surface area (Å²) in [5, 5.41) is 1.93. The van der Waals surface area contributed by atoms with Crippen molar-refractivity contribution in [2.45, 2.75) is 31.8 Å². The fraction of sp³-hybridized carbons (Fsp3) is 0.320. The first-order valence-electron chi connectivity index (χ1n) is 11.2. The summed E-state index contributed by atoms with van der Waals surface area (Å²) in [7, 11) is -4.00. The predicted octanol–water partition coefficient (Wildman–Crippen LogP) is 4.49. The first-order chi connectivity index (χ1) is 16.7. The maximum absolute atomic E-state index is 13.5. The smallest absolute Gasteiger partial charge is 0.243 e. The van der Waals surface area contributed by atoms with Gasteiger partial charge in [0.1, 0.15) is 5.82 Å². The lowest BCUT2D eigenvalue weighted by molar-refractivity contribution is -0.132. The molecule has 0 saturated heterocycles. The minimum atomic E-state index is -4.00. The van der Waals surface area contributed by atoms with Gasteiger partial charge in [0, 0.05) is 18.0 Å². The molecule has 0 bridgehead atoms. The number of halogens is 1. The molecule has 0 saturated carbocycles. The number of amides is 1. The second kappa shape index (κ2) is 10.8. The Morgan fingerprint density at radius 1 is 1.06 bits per heavy atom. The van der Waals surface area contributed by atoms with Gasteiger partial charge in [0.2, 0.25) is 22.7 Å². The highest BCUT2D eigenvalue weighted by molar-refractivity contribution is 7.89. The summed E-state index contributed by atoms with van der Waals surface area (Å²) in [6.07, 6.45) is 0. The van der Waals surface area contributed by atoms with Crippen LogP contribution in [0.1, 0.15) is 24.3 Å². The molecule has 0 spiro atoms. The highest BCUT2D eigenvalue weighted by Crippen LogP contribution is 2.33. The lowest BCUT2D eigenvalue weighted by Gasteiger charge is -2.28. The lowest BCUT2D eigenvalue weighted by atomic mass is 10.2. The number of thiophene rings is 1. The average molecular weight is 519 g/mol. The fourth-order valence-corrected chi connectivity index (χ4v) is 6.02. The van der Waals surface area contributed by atoms with Crippen LogP contribution in [0.3, 0.4) is 0 Å². The quantitative estimate of drug-likeness (QED) is 0.395. The van der Waals surface area contributed by atoms with E-state index in [4.69, 9.17) is 9.47 Å². The zero-order valence-electron chi connectivity index (χ0n) is 19.5. The monoisotopic (exact) mass is 518 g/mol. The molecule has 0 unspecified atom stereocenters. The van der Waals surface area contributed by atoms with E-state index in [9.17, 15) is 17.6 Å². The number of carbonyl (C=O) groups excluding carboxylic acids is 1. The molecule has 1 aliphatic rings. The standard InChI is InChI=1S/C25H27FN2O5S2/c1-18(2)13-28(35(30,31)22-8-6-20(26)7-9-22)16-25(29)27(15-21-4-3-11-34-21)14-19-5-10-23-24(12-19)33-17-32-23/h3-12,18H,13-17H2,1-2H3. The van der Waals surface area contributed by atoms with Crippen LogP contribution < -0.4 is 9.47 Å². The first kappa shape index (κ1) is 25.2. The van der Waals surface area contributed by atoms with E-state index in [2.05, 4.69) is 0 Å². The van der Waals surface area contributed by atoms with E-state index in [1.165, 1.54) is 27.8 Å². The molecule has 4 rings (SSSR count). The normalized spacial score (nSPS) is 12.9. The van der Waals surface area contributed by atoms with Gasteiger partial charge >= 0.3 is 0 Å². The van der Waals surface area contributed by atoms with Crippen LogP contribution in [0.2, 0.25) is 0 Å². The molecule has 0 radical (unpaired) electrons. The van der Waals surface area contributed by atoms with Crippen LogP contribution in [0.5, 0.6) is 11.5 Å². The summed E-state index contributed by atoms with van der Waals surface area (Å²) < 4.78 is 52.1. The Morgan fingerprint density at radius 2 is 1.80 bits per heavy atom. The van der Waals surface area contributed by atoms with Crippen molar-refractivity contribution in [3.8, 4) is 11.5 Å². The maximum Gasteiger partial charge on any atom is 0.243 e. The van der Waals surface area contributed by atoms with Gasteiger partial charge in [-0.1, -0.05) is 26.0 Å². The number of nitrogens with zero attached hydrogens (tertiary/aromatic N) is 2. The molecular formula is C25H27FN2O5S2. The lowest BCUT2D eigenvalue weighted by Crippen LogP contribution is -2.43. The summed E-state index contributed by atoms with van der Waals surface area (Å²) >= 11 is 1.53. The van der Waals surface area contributed by atoms with Crippen molar-refractivity contribution in [3.05, 3.63) is 76.2 Å². The Labute approximate surface area is 208 Å². The molecule has 2 heterocycles. The highest BCUT2D eigenvalue weighted by atomic mass is 32.2. The summed E-state index contributed by atoms with van der Waals surface area (Å²) in [6, 6.07) is 14.0. The molecule has 2 aromatic carbocycles. The van der Waals surface area contributed by atoms with Crippen molar-refractivity contribution in [3.63, 3.8) is 0 Å². The van der Waals surface area contributed by atoms with Crippen LogP contribution in [-0.4, -0.2) is 43.4 Å². The number of ether oxygens (including phenoxy) is 2. The molecule has 1 aliphatic heterocycles. The van der Waals surface area contributed by atoms with Crippen LogP contribution in [0, 0.1) is 11.7 Å². The van der Waals surface area contributed by atoms with Gasteiger partial charge in [0.05, 0.1) is 18.0 Å². The van der Waals surface area contributed by atoms with E-state index in [0.29, 0.717) is 18.0 Å². The van der Waals surface area contributed by atoms with Crippen LogP contribution >= 0.6 is 11.3 Å². The molecule has 10 heteroatoms. The second-order valence-electron chi connectivity index (χ2n) is 8.66. The molecule has 7 nitrogen and oxygen atoms in total. The number of rotatable bonds is 10. The van der Waals surface area contributed by atoms with E-state index in [0.717, 1.165) is 22.6 Å². The van der Waals surface area contributed by atoms with E-state index < -0.39 is 15.8 Å². The Kier molecular flexibility index (Phi) is 7.73. The summed E-state index contributed by atoms with van der Waals surface area (Å²) in [6.45, 7) is 4.37. The van der Waals surface area contributed by atoms with Crippen molar-refractivity contribution in [1.82, 2.24) is 9.21 Å². The Bertz CT molecular complexity index is 1260. The molecular weight excluding hydrogens is 491 g/mol. The van der Waals surface area contributed by atoms with Crippen LogP contribution in [0.15, 0.2) is 64.9 Å². The molecule has 186 valence electrons. The molecule has 0 aliphatic carbocycles. The number of benzene rings is 2. The van der Waals surface area contributed by atoms with E-state index in [1.807, 2.05) is 43.5 Å². The third kappa shape index (κ3) is 6.19. The molecule has 35 heavy (non-hydrogen) atoms. The average Bonchev–Trinajstić information content (AvgIpc) is 3.49. The third-order valence-electron chi connectivity index (χ3n) is 5.42. The summed E-state index contributed by atoms with van der Waals surface area (Å²) in [4.78, 5) is 16.1. The van der Waals surface area contributed by atoms with Gasteiger partial charge in [0.15, 0.2) is 11.5 Å². The summed E-state index contributed by atoms with van der Waals surface area (Å²) in [5.74, 6) is 0.394. The Hall–Kier alpha value is -2.95. The van der Waals surface area contributed by atoms with Crippen molar-refractivity contribution in [2.75, 3.05) is 19.9 Å². The van der Waals surface area contributed by atoms with Crippen molar-refractivity contribution >= 4 is 27.3 Å². The summed E-state index contributed by atoms with van der Waals surface area (Å²) in [5.41, 5.74) is 0.843. The van der Waals surface area contributed by atoms with Crippen LogP contribution in [-0.2, 0) is 27.9 Å². The van der Waals surface area contributed by atoms with Crippen LogP contribution in [0.4, 0.5) is 4.39 Å². The van der Waals surface area contributed by atoms with E-state index in [1.54, 1.807) is 11.0 Å². The molecule has 0 atom stereocenters. The molecule has 0 fully saturated rings. The number of hydrogen-bond donors (Lipinski definition) is 0. The topological polar surface area (TPSA) is 76.2 Å². The minimum absolute atomic E-state index is 0.0161. The van der Waals surface area contributed by atoms with Crippen molar-refractivity contribution in [1.29, 1.82) is 0 Å². The van der Waals surface area contributed by atoms with Crippen molar-refractivity contribution < 1.29 is 27.1 Å². The van der Waals surface area contributed by atoms with Gasteiger partial charge in [-0.2, -0.15) is 4.31 Å². The van der Waals surface area contributed by atoms with E-state index in [-0.39, 0.29) is 43.1 Å². The van der Waals surface area contributed by atoms with Gasteiger partial charge in [-0.15, -0.1) is 11.3 Å². The third-order valence-corrected chi connectivity index (χ3v) is 8.11. The largest absolute Gasteiger partial charge is 0.454 e. The second-order valence-corrected chi connectivity index (χ2v) is 11.6. The van der Waals surface area contributed by atoms with E-state index >= 15 is 0 Å². The predicted molar refractivity (Wildman–Crippen MR) is 131 cm³/mol. The first-order valence-corrected chi connectivity index (χ1v) is 13.5. The van der Waals surface area contributed by atoms with Gasteiger partial charge in [-0.3, -0.25) is 4.79 Å². The molecule has 1 aromatic heterocycles. The molecule has 1 amide bonds. The number of fused-ring (bicyclic) bond motifs is 1. The maximum atomic E-state index is 13.5. The highest BCUT2D eigenvalue weighted by Gasteiger charge is 2.29. The minimum Gasteiger partial charge on any atom is -0.454 e. The molecule has 0 N–H and O–H groups in total. The SMILES string of the molecule is CC(C)CN(CC(=O)N(Cc1ccc2c(c1)OCO2)Cc1cccs1)S(=O)(=O)c1ccc(F)cc1. The van der Waals surface area contributed by atoms with Gasteiger partial charge in [-0.25, -0.2) is 12.8 Å². The zero-order chi connectivity index (χ0) is 25.0. The fourth-order valence-electron chi connectivity index (χ4n) is 3.74. The van der Waals surface area contributed by atoms with Gasteiger partial charge in [-0.05, 0) is 59.3 Å². The van der Waals surface area contributed by atoms with Crippen LogP contribution in [0.25, 0.3) is 0 Å². The molecule has 3 aromatic rings. The Balaban J connectivity index is 1.59. The Morgan fingerprint density at radius 3 is 2.49 bits per heavy atom. The zero-order valence-corrected chi connectivity index (χ0v) is 21.1.